The van der Waals surface area contributed by atoms with Crippen molar-refractivity contribution in [2.45, 2.75) is 25.0 Å². The number of aliphatic hydroxyl groups is 1. The van der Waals surface area contributed by atoms with Crippen molar-refractivity contribution in [3.8, 4) is 17.1 Å². The van der Waals surface area contributed by atoms with E-state index >= 15 is 0 Å². The van der Waals surface area contributed by atoms with Crippen molar-refractivity contribution in [2.75, 3.05) is 35.3 Å². The summed E-state index contributed by atoms with van der Waals surface area (Å²) in [6, 6.07) is 6.01. The third-order valence-corrected chi connectivity index (χ3v) is 5.75. The van der Waals surface area contributed by atoms with Crippen LogP contribution in [0.5, 0.6) is 5.88 Å². The average molecular weight is 459 g/mol. The van der Waals surface area contributed by atoms with Gasteiger partial charge in [0.15, 0.2) is 5.82 Å². The lowest BCUT2D eigenvalue weighted by Gasteiger charge is -2.40. The molecule has 0 saturated carbocycles. The summed E-state index contributed by atoms with van der Waals surface area (Å²) in [6.07, 6.45) is -1.46. The summed E-state index contributed by atoms with van der Waals surface area (Å²) in [5.41, 5.74) is 0.521. The third-order valence-electron chi connectivity index (χ3n) is 5.75. The van der Waals surface area contributed by atoms with Gasteiger partial charge in [0.25, 0.3) is 0 Å². The van der Waals surface area contributed by atoms with Crippen molar-refractivity contribution in [2.24, 2.45) is 0 Å². The van der Waals surface area contributed by atoms with Gasteiger partial charge in [-0.25, -0.2) is 15.0 Å². The Bertz CT molecular complexity index is 1180. The monoisotopic (exact) mass is 459 g/mol. The topological polar surface area (TPSA) is 99.5 Å². The minimum Gasteiger partial charge on any atom is -0.481 e. The van der Waals surface area contributed by atoms with Crippen LogP contribution in [-0.2, 0) is 6.18 Å². The Morgan fingerprint density at radius 2 is 2.06 bits per heavy atom. The maximum atomic E-state index is 13.2. The van der Waals surface area contributed by atoms with Crippen molar-refractivity contribution in [3.63, 3.8) is 0 Å². The summed E-state index contributed by atoms with van der Waals surface area (Å²) in [5, 5.41) is 14.0. The quantitative estimate of drug-likeness (QED) is 0.558. The van der Waals surface area contributed by atoms with Gasteiger partial charge in [-0.3, -0.25) is 4.98 Å². The van der Waals surface area contributed by atoms with Gasteiger partial charge < -0.3 is 25.0 Å². The number of pyridine rings is 2. The largest absolute Gasteiger partial charge is 0.481 e. The number of hydrogen-bond donors (Lipinski definition) is 2. The van der Waals surface area contributed by atoms with Gasteiger partial charge in [0.05, 0.1) is 30.1 Å². The van der Waals surface area contributed by atoms with Crippen LogP contribution < -0.4 is 19.9 Å². The maximum absolute atomic E-state index is 13.2. The predicted octanol–water partition coefficient (Wildman–Crippen LogP) is 2.75. The number of nitrogens with zero attached hydrogens (tertiary/aromatic N) is 6. The Hall–Kier alpha value is -3.67. The van der Waals surface area contributed by atoms with E-state index < -0.39 is 18.1 Å². The lowest BCUT2D eigenvalue weighted by atomic mass is 10.1. The normalized spacial score (nSPS) is 18.2. The van der Waals surface area contributed by atoms with Crippen LogP contribution in [0.1, 0.15) is 12.0 Å². The van der Waals surface area contributed by atoms with E-state index in [4.69, 9.17) is 4.74 Å². The van der Waals surface area contributed by atoms with E-state index in [0.29, 0.717) is 29.8 Å². The summed E-state index contributed by atoms with van der Waals surface area (Å²) in [7, 11) is 1.48. The lowest BCUT2D eigenvalue weighted by Crippen LogP contribution is -2.51. The molecule has 2 atom stereocenters. The number of hydrogen-bond acceptors (Lipinski definition) is 9. The molecule has 1 saturated heterocycles. The van der Waals surface area contributed by atoms with Crippen molar-refractivity contribution in [1.29, 1.82) is 0 Å². The Morgan fingerprint density at radius 3 is 2.85 bits per heavy atom. The number of ether oxygens (including phenoxy) is 1. The molecule has 1 unspecified atom stereocenters. The smallest absolute Gasteiger partial charge is 0.417 e. The number of fused-ring (bicyclic) bond motifs is 4. The molecule has 9 nitrogen and oxygen atoms in total. The summed E-state index contributed by atoms with van der Waals surface area (Å²) >= 11 is 0. The van der Waals surface area contributed by atoms with Gasteiger partial charge in [0.2, 0.25) is 12.2 Å². The van der Waals surface area contributed by atoms with Gasteiger partial charge in [-0.15, -0.1) is 0 Å². The molecule has 2 aliphatic heterocycles. The Labute approximate surface area is 186 Å². The fraction of sp³-hybridized carbons (Fsp3) is 0.333. The third kappa shape index (κ3) is 3.97. The molecule has 5 rings (SSSR count). The van der Waals surface area contributed by atoms with Gasteiger partial charge in [0, 0.05) is 37.1 Å². The van der Waals surface area contributed by atoms with Crippen molar-refractivity contribution < 1.29 is 23.0 Å². The second kappa shape index (κ2) is 8.03. The molecular weight excluding hydrogens is 439 g/mol. The highest BCUT2D eigenvalue weighted by Gasteiger charge is 2.40. The second-order valence-corrected chi connectivity index (χ2v) is 7.76. The fourth-order valence-corrected chi connectivity index (χ4v) is 4.18. The van der Waals surface area contributed by atoms with Crippen molar-refractivity contribution in [1.82, 2.24) is 19.9 Å². The number of aliphatic hydroxyl groups excluding tert-OH is 1. The summed E-state index contributed by atoms with van der Waals surface area (Å²) < 4.78 is 44.6. The molecule has 3 aromatic rings. The van der Waals surface area contributed by atoms with Crippen LogP contribution in [0.2, 0.25) is 0 Å². The average Bonchev–Trinajstić information content (AvgIpc) is 3.22. The standard InChI is InChI=1S/C21H20F3N7O2/c1-33-18-7-17(26-11-27-18)29-20(32)31-14-4-5-30(10-14)16-3-2-15(28-19(16)31)12-6-13(9-25-8-12)21(22,23)24/h2-3,6-9,11,14,20,32H,4-5,10H2,1H3,(H,26,27,29)/t14-,20?/m0/s1. The van der Waals surface area contributed by atoms with E-state index in [-0.39, 0.29) is 11.6 Å². The number of halogens is 3. The molecule has 0 aliphatic carbocycles. The minimum absolute atomic E-state index is 0.0360. The first-order valence-electron chi connectivity index (χ1n) is 10.2. The first-order chi connectivity index (χ1) is 15.8. The lowest BCUT2D eigenvalue weighted by molar-refractivity contribution is -0.137. The van der Waals surface area contributed by atoms with E-state index in [1.165, 1.54) is 19.6 Å². The Balaban J connectivity index is 1.51. The van der Waals surface area contributed by atoms with Crippen LogP contribution >= 0.6 is 0 Å². The van der Waals surface area contributed by atoms with E-state index in [9.17, 15) is 18.3 Å². The molecule has 5 heterocycles. The molecule has 2 bridgehead atoms. The number of anilines is 3. The predicted molar refractivity (Wildman–Crippen MR) is 114 cm³/mol. The summed E-state index contributed by atoms with van der Waals surface area (Å²) in [5.74, 6) is 1.16. The van der Waals surface area contributed by atoms with Crippen LogP contribution in [0.4, 0.5) is 30.5 Å². The molecule has 3 aromatic heterocycles. The van der Waals surface area contributed by atoms with E-state index in [1.54, 1.807) is 17.0 Å². The molecule has 0 amide bonds. The zero-order valence-corrected chi connectivity index (χ0v) is 17.5. The van der Waals surface area contributed by atoms with Crippen LogP contribution in [-0.4, -0.2) is 57.6 Å². The molecule has 172 valence electrons. The second-order valence-electron chi connectivity index (χ2n) is 7.76. The van der Waals surface area contributed by atoms with E-state index in [0.717, 1.165) is 30.9 Å². The van der Waals surface area contributed by atoms with Crippen molar-refractivity contribution >= 4 is 17.3 Å². The highest BCUT2D eigenvalue weighted by Crippen LogP contribution is 2.41. The van der Waals surface area contributed by atoms with E-state index in [2.05, 4.69) is 30.2 Å². The van der Waals surface area contributed by atoms with Crippen LogP contribution in [0.3, 0.4) is 0 Å². The first-order valence-corrected chi connectivity index (χ1v) is 10.2. The highest BCUT2D eigenvalue weighted by atomic mass is 19.4. The molecule has 0 aromatic carbocycles. The van der Waals surface area contributed by atoms with Gasteiger partial charge in [-0.2, -0.15) is 13.2 Å². The number of rotatable bonds is 5. The number of alkyl halides is 3. The minimum atomic E-state index is -4.51. The molecule has 2 aliphatic rings. The molecule has 1 fully saturated rings. The zero-order valence-electron chi connectivity index (χ0n) is 17.5. The van der Waals surface area contributed by atoms with E-state index in [1.807, 2.05) is 6.07 Å². The molecule has 33 heavy (non-hydrogen) atoms. The molecule has 12 heteroatoms. The maximum Gasteiger partial charge on any atom is 0.417 e. The van der Waals surface area contributed by atoms with Gasteiger partial charge in [0.1, 0.15) is 12.1 Å². The van der Waals surface area contributed by atoms with Crippen LogP contribution in [0.25, 0.3) is 11.3 Å². The SMILES string of the molecule is COc1cc(NC(O)N2c3nc(-c4cncc(C(F)(F)F)c4)ccc3N3CC[C@H]2C3)ncn1. The number of methoxy groups -OCH3 is 1. The zero-order chi connectivity index (χ0) is 23.2. The van der Waals surface area contributed by atoms with Crippen LogP contribution in [0, 0.1) is 0 Å². The highest BCUT2D eigenvalue weighted by molar-refractivity contribution is 5.76. The Kier molecular flexibility index (Phi) is 5.16. The number of nitrogens with one attached hydrogen (secondary N) is 1. The molecule has 0 radical (unpaired) electrons. The molecular formula is C21H20F3N7O2. The van der Waals surface area contributed by atoms with Crippen molar-refractivity contribution in [3.05, 3.63) is 48.5 Å². The fourth-order valence-electron chi connectivity index (χ4n) is 4.18. The van der Waals surface area contributed by atoms with Crippen LogP contribution in [0.15, 0.2) is 43.0 Å². The van der Waals surface area contributed by atoms with Gasteiger partial charge >= 0.3 is 6.18 Å². The summed E-state index contributed by atoms with van der Waals surface area (Å²) in [4.78, 5) is 20.3. The Morgan fingerprint density at radius 1 is 1.21 bits per heavy atom. The number of aromatic nitrogens is 4. The first kappa shape index (κ1) is 21.2. The summed E-state index contributed by atoms with van der Waals surface area (Å²) in [6.45, 7) is 1.49. The molecule has 2 N–H and O–H groups in total. The molecule has 0 spiro atoms. The van der Waals surface area contributed by atoms with Gasteiger partial charge in [-0.1, -0.05) is 0 Å². The van der Waals surface area contributed by atoms with Gasteiger partial charge in [-0.05, 0) is 24.6 Å².